The molecule has 692 valence electrons. The second-order valence-electron chi connectivity index (χ2n) is 39.9. The standard InChI is InChI=1S/C54H34N2OSi.C42H25N3O.C42H24N2O/c1-3-14-38(15-4-1)58(39-16-5-2-6-17-39)52-24-12-10-22-48(52)56-49-33-36(26-29-41(49)44-20-13-25-53(58)54(44)56)35-27-31-47-45(32-35)40-18-7-9-21-46(40)55(47)37-28-30-43-42-19-8-11-23-50(42)57-51(43)34-37;1-2-11-26(12-3-1)43-33-17-7-8-18-34(33)45-36-24-23-35-40(41(36)31-15-10-19-37(43)42(31)45)30-14-4-6-16-32(30)44(35)27-21-22-29-28-13-5-9-20-38(28)46-39(29)25-27;1-5-14-37-28(8-1)32-11-7-12-33-35-23-26(17-21-39(35)44(37)42(32)33)25-16-20-38-34(22-25)29-9-2-4-13-36(29)43(38)27-18-19-31-30-10-3-6-15-40(30)45-41(31)24-27/h1-34H;1-25H;1-24H. The van der Waals surface area contributed by atoms with Crippen LogP contribution < -0.4 is 25.6 Å². The molecule has 0 aliphatic carbocycles. The van der Waals surface area contributed by atoms with Crippen LogP contribution in [-0.4, -0.2) is 35.3 Å². The van der Waals surface area contributed by atoms with Gasteiger partial charge < -0.3 is 45.4 Å². The first-order valence-corrected chi connectivity index (χ1v) is 53.2. The maximum absolute atomic E-state index is 6.34. The van der Waals surface area contributed by atoms with Crippen LogP contribution in [0.5, 0.6) is 0 Å². The van der Waals surface area contributed by atoms with E-state index < -0.39 is 8.07 Å². The minimum Gasteiger partial charge on any atom is -0.456 e. The lowest BCUT2D eigenvalue weighted by Gasteiger charge is -2.39. The molecule has 149 heavy (non-hydrogen) atoms. The molecule has 12 heterocycles. The van der Waals surface area contributed by atoms with Crippen molar-refractivity contribution in [3.63, 3.8) is 0 Å². The lowest BCUT2D eigenvalue weighted by atomic mass is 10.00. The van der Waals surface area contributed by atoms with Crippen LogP contribution in [0.25, 0.3) is 264 Å². The summed E-state index contributed by atoms with van der Waals surface area (Å²) in [7, 11) is -2.68. The molecule has 0 unspecified atom stereocenters. The fraction of sp³-hybridized carbons (Fsp3) is 0. The van der Waals surface area contributed by atoms with Gasteiger partial charge in [-0.3, -0.25) is 0 Å². The molecule has 0 radical (unpaired) electrons. The van der Waals surface area contributed by atoms with E-state index in [2.05, 4.69) is 499 Å². The Bertz CT molecular complexity index is 11500. The van der Waals surface area contributed by atoms with E-state index in [4.69, 9.17) is 13.3 Å². The number of hydrogen-bond donors (Lipinski definition) is 0. The first kappa shape index (κ1) is 81.8. The lowest BCUT2D eigenvalue weighted by Crippen LogP contribution is -2.76. The topological polar surface area (TPSA) is 71.7 Å². The third-order valence-electron chi connectivity index (χ3n) is 32.4. The van der Waals surface area contributed by atoms with Gasteiger partial charge in [0.2, 0.25) is 0 Å². The number of benzene rings is 23. The highest BCUT2D eigenvalue weighted by atomic mass is 28.3. The van der Waals surface area contributed by atoms with Gasteiger partial charge in [0.05, 0.1) is 88.8 Å². The van der Waals surface area contributed by atoms with Gasteiger partial charge in [-0.15, -0.1) is 0 Å². The van der Waals surface area contributed by atoms with Gasteiger partial charge in [0, 0.05) is 154 Å². The number of rotatable bonds is 8. The van der Waals surface area contributed by atoms with E-state index in [1.165, 1.54) is 213 Å². The van der Waals surface area contributed by atoms with E-state index in [1.54, 1.807) is 0 Å². The molecule has 11 heteroatoms. The summed E-state index contributed by atoms with van der Waals surface area (Å²) in [6.07, 6.45) is 0. The van der Waals surface area contributed by atoms with Crippen molar-refractivity contribution in [3.05, 3.63) is 504 Å². The van der Waals surface area contributed by atoms with E-state index in [0.29, 0.717) is 0 Å². The Hall–Kier alpha value is -19.7. The van der Waals surface area contributed by atoms with Crippen LogP contribution in [0.1, 0.15) is 0 Å². The van der Waals surface area contributed by atoms with Gasteiger partial charge in [0.1, 0.15) is 33.5 Å². The highest BCUT2D eigenvalue weighted by molar-refractivity contribution is 7.21. The predicted molar refractivity (Wildman–Crippen MR) is 624 cm³/mol. The average molecular weight is 1920 g/mol. The van der Waals surface area contributed by atoms with Crippen molar-refractivity contribution in [2.24, 2.45) is 0 Å². The van der Waals surface area contributed by atoms with Crippen LogP contribution in [0, 0.1) is 0 Å². The molecule has 0 N–H and O–H groups in total. The molecule has 0 amide bonds. The number of aromatic nitrogens is 6. The molecule has 10 aromatic heterocycles. The predicted octanol–water partition coefficient (Wildman–Crippen LogP) is 34.2. The molecular formula is C138H83N7O3Si. The first-order valence-electron chi connectivity index (χ1n) is 51.2. The van der Waals surface area contributed by atoms with Crippen LogP contribution in [0.2, 0.25) is 0 Å². The Morgan fingerprint density at radius 1 is 0.154 bits per heavy atom. The summed E-state index contributed by atoms with van der Waals surface area (Å²) in [6.45, 7) is 0. The van der Waals surface area contributed by atoms with Crippen molar-refractivity contribution >= 4 is 259 Å². The SMILES string of the molecule is c1ccc(N2c3ccccc3-n3c4ccc5c(c6ccccc6n5-c5ccc6c(c5)oc5ccccc56)c4c4cccc2c43)cc1.c1ccc([Si]2(c3ccccc3)c3ccccc3-n3c4cc(-c5ccc6c(c5)c5ccccc5n6-c5ccc6c(c5)oc5ccccc56)ccc4c4cccc2c43)cc1.c1ccc2c(c1)oc1cc(-n3c4ccccc4c4cc(-c5ccc6c(c5)c5cccc7c8ccccc8n6c75)ccc43)ccc12. The molecule has 0 saturated carbocycles. The smallest absolute Gasteiger partial charge is 0.184 e. The van der Waals surface area contributed by atoms with Crippen molar-refractivity contribution in [1.29, 1.82) is 0 Å². The maximum Gasteiger partial charge on any atom is 0.184 e. The van der Waals surface area contributed by atoms with E-state index in [9.17, 15) is 0 Å². The normalized spacial score (nSPS) is 12.9. The molecule has 33 aromatic rings. The molecule has 0 atom stereocenters. The zero-order chi connectivity index (χ0) is 97.1. The Labute approximate surface area is 852 Å². The van der Waals surface area contributed by atoms with Gasteiger partial charge in [-0.05, 0) is 213 Å². The summed E-state index contributed by atoms with van der Waals surface area (Å²) in [5.41, 5.74) is 35.5. The highest BCUT2D eigenvalue weighted by Gasteiger charge is 2.48. The Morgan fingerprint density at radius 2 is 0.483 bits per heavy atom. The largest absolute Gasteiger partial charge is 0.456 e. The molecule has 23 aromatic carbocycles. The fourth-order valence-electron chi connectivity index (χ4n) is 26.3. The van der Waals surface area contributed by atoms with Crippen molar-refractivity contribution in [2.45, 2.75) is 0 Å². The van der Waals surface area contributed by atoms with Gasteiger partial charge in [-0.25, -0.2) is 0 Å². The molecule has 2 aliphatic heterocycles. The number of anilines is 3. The lowest BCUT2D eigenvalue weighted by molar-refractivity contribution is 0.668. The molecule has 35 rings (SSSR count). The van der Waals surface area contributed by atoms with Crippen LogP contribution >= 0.6 is 0 Å². The van der Waals surface area contributed by atoms with Crippen LogP contribution in [0.15, 0.2) is 517 Å². The Balaban J connectivity index is 0.0000000980. The third-order valence-corrected chi connectivity index (χ3v) is 37.3. The van der Waals surface area contributed by atoms with E-state index >= 15 is 0 Å². The quantitative estimate of drug-likeness (QED) is 0.142. The zero-order valence-corrected chi connectivity index (χ0v) is 81.3. The number of para-hydroxylation sites is 14. The maximum atomic E-state index is 6.34. The van der Waals surface area contributed by atoms with Crippen LogP contribution in [0.4, 0.5) is 17.1 Å². The zero-order valence-electron chi connectivity index (χ0n) is 80.3. The van der Waals surface area contributed by atoms with Crippen LogP contribution in [0.3, 0.4) is 0 Å². The summed E-state index contributed by atoms with van der Waals surface area (Å²) in [5, 5.41) is 30.3. The van der Waals surface area contributed by atoms with Crippen molar-refractivity contribution in [2.75, 3.05) is 4.90 Å². The van der Waals surface area contributed by atoms with Crippen molar-refractivity contribution < 1.29 is 13.3 Å². The van der Waals surface area contributed by atoms with E-state index in [-0.39, 0.29) is 0 Å². The van der Waals surface area contributed by atoms with E-state index in [1.807, 2.05) is 36.4 Å². The second-order valence-corrected chi connectivity index (χ2v) is 43.7. The Morgan fingerprint density at radius 3 is 1.05 bits per heavy atom. The van der Waals surface area contributed by atoms with Crippen LogP contribution in [-0.2, 0) is 0 Å². The van der Waals surface area contributed by atoms with Gasteiger partial charge in [0.25, 0.3) is 0 Å². The van der Waals surface area contributed by atoms with Gasteiger partial charge in [-0.2, -0.15) is 0 Å². The summed E-state index contributed by atoms with van der Waals surface area (Å²) in [6, 6.07) is 184. The minimum atomic E-state index is -2.68. The van der Waals surface area contributed by atoms with Crippen molar-refractivity contribution in [1.82, 2.24) is 27.2 Å². The molecule has 0 saturated heterocycles. The van der Waals surface area contributed by atoms with E-state index in [0.717, 1.165) is 88.6 Å². The molecule has 0 bridgehead atoms. The summed E-state index contributed by atoms with van der Waals surface area (Å²) in [5.74, 6) is 0. The molecule has 0 spiro atoms. The first-order chi connectivity index (χ1) is 73.9. The number of fused-ring (bicyclic) bond motifs is 35. The Kier molecular flexibility index (Phi) is 17.1. The van der Waals surface area contributed by atoms with Crippen molar-refractivity contribution in [3.8, 4) is 50.7 Å². The third kappa shape index (κ3) is 11.5. The van der Waals surface area contributed by atoms with Gasteiger partial charge in [0.15, 0.2) is 8.07 Å². The van der Waals surface area contributed by atoms with Gasteiger partial charge in [-0.1, -0.05) is 315 Å². The molecule has 0 fully saturated rings. The molecule has 2 aliphatic rings. The monoisotopic (exact) mass is 1910 g/mol. The average Bonchev–Trinajstić information content (AvgIpc) is 1.59. The van der Waals surface area contributed by atoms with Gasteiger partial charge >= 0.3 is 0 Å². The number of furan rings is 3. The summed E-state index contributed by atoms with van der Waals surface area (Å²) >= 11 is 0. The fourth-order valence-corrected chi connectivity index (χ4v) is 31.4. The molecular weight excluding hydrogens is 1830 g/mol. The molecule has 10 nitrogen and oxygen atoms in total. The minimum absolute atomic E-state index is 0.898. The number of hydrogen-bond acceptors (Lipinski definition) is 4. The summed E-state index contributed by atoms with van der Waals surface area (Å²) < 4.78 is 33.6. The number of nitrogens with zero attached hydrogens (tertiary/aromatic N) is 7. The highest BCUT2D eigenvalue weighted by Crippen LogP contribution is 2.54. The summed E-state index contributed by atoms with van der Waals surface area (Å²) in [4.78, 5) is 2.40. The second kappa shape index (κ2) is 31.2.